The molecule has 116 valence electrons. The lowest BCUT2D eigenvalue weighted by Gasteiger charge is -2.09. The molecule has 2 rings (SSSR count). The van der Waals surface area contributed by atoms with Gasteiger partial charge in [-0.15, -0.1) is 0 Å². The van der Waals surface area contributed by atoms with E-state index in [1.54, 1.807) is 12.1 Å². The summed E-state index contributed by atoms with van der Waals surface area (Å²) in [5, 5.41) is 2.83. The van der Waals surface area contributed by atoms with Crippen LogP contribution in [-0.2, 0) is 14.8 Å². The average molecular weight is 310 g/mol. The minimum Gasteiger partial charge on any atom is -0.353 e. The van der Waals surface area contributed by atoms with Crippen LogP contribution in [0.25, 0.3) is 0 Å². The fraction of sp³-hybridized carbons (Fsp3) is 0.533. The van der Waals surface area contributed by atoms with Gasteiger partial charge in [-0.1, -0.05) is 26.0 Å². The lowest BCUT2D eigenvalue weighted by Crippen LogP contribution is -2.31. The summed E-state index contributed by atoms with van der Waals surface area (Å²) in [6, 6.07) is 7.14. The molecular formula is C15H22N2O3S. The van der Waals surface area contributed by atoms with E-state index >= 15 is 0 Å². The van der Waals surface area contributed by atoms with Gasteiger partial charge >= 0.3 is 0 Å². The molecule has 1 saturated carbocycles. The summed E-state index contributed by atoms with van der Waals surface area (Å²) in [5.74, 6) is 0.260. The minimum absolute atomic E-state index is 0.102. The first-order valence-corrected chi connectivity index (χ1v) is 8.76. The van der Waals surface area contributed by atoms with Crippen molar-refractivity contribution in [1.29, 1.82) is 0 Å². The highest BCUT2D eigenvalue weighted by molar-refractivity contribution is 7.89. The molecule has 0 saturated heterocycles. The first-order valence-electron chi connectivity index (χ1n) is 7.27. The molecule has 1 fully saturated rings. The fourth-order valence-corrected chi connectivity index (χ4v) is 2.97. The predicted molar refractivity (Wildman–Crippen MR) is 81.5 cm³/mol. The Morgan fingerprint density at radius 2 is 1.86 bits per heavy atom. The molecule has 5 nitrogen and oxygen atoms in total. The highest BCUT2D eigenvalue weighted by Crippen LogP contribution is 2.19. The van der Waals surface area contributed by atoms with E-state index in [0.717, 1.165) is 18.4 Å². The summed E-state index contributed by atoms with van der Waals surface area (Å²) in [6.07, 6.45) is 2.22. The Labute approximate surface area is 126 Å². The van der Waals surface area contributed by atoms with Crippen molar-refractivity contribution in [3.8, 4) is 0 Å². The van der Waals surface area contributed by atoms with E-state index in [4.69, 9.17) is 0 Å². The number of sulfonamides is 1. The van der Waals surface area contributed by atoms with E-state index < -0.39 is 10.0 Å². The van der Waals surface area contributed by atoms with Crippen LogP contribution in [0.1, 0.15) is 44.6 Å². The van der Waals surface area contributed by atoms with Gasteiger partial charge < -0.3 is 5.32 Å². The van der Waals surface area contributed by atoms with Gasteiger partial charge in [-0.25, -0.2) is 13.1 Å². The number of hydrogen-bond donors (Lipinski definition) is 2. The summed E-state index contributed by atoms with van der Waals surface area (Å²) in [4.78, 5) is 11.7. The third-order valence-corrected chi connectivity index (χ3v) is 4.92. The van der Waals surface area contributed by atoms with Gasteiger partial charge in [0.1, 0.15) is 0 Å². The molecule has 0 aliphatic heterocycles. The molecule has 0 spiro atoms. The summed E-state index contributed by atoms with van der Waals surface area (Å²) in [7, 11) is -3.54. The average Bonchev–Trinajstić information content (AvgIpc) is 3.22. The summed E-state index contributed by atoms with van der Waals surface area (Å²) >= 11 is 0. The van der Waals surface area contributed by atoms with Crippen molar-refractivity contribution < 1.29 is 13.2 Å². The van der Waals surface area contributed by atoms with E-state index in [0.29, 0.717) is 12.0 Å². The Morgan fingerprint density at radius 3 is 2.38 bits per heavy atom. The standard InChI is InChI=1S/C15H22N2O3S/c1-11(2)12-3-7-14(8-4-12)21(19,20)16-10-9-15(18)17-13-5-6-13/h3-4,7-8,11,13,16H,5-6,9-10H2,1-2H3,(H,17,18). The molecule has 0 radical (unpaired) electrons. The Kier molecular flexibility index (Phi) is 5.00. The fourth-order valence-electron chi connectivity index (χ4n) is 1.94. The highest BCUT2D eigenvalue weighted by Gasteiger charge is 2.23. The third kappa shape index (κ3) is 4.82. The third-order valence-electron chi connectivity index (χ3n) is 3.44. The van der Waals surface area contributed by atoms with Crippen LogP contribution in [-0.4, -0.2) is 26.9 Å². The van der Waals surface area contributed by atoms with E-state index in [1.807, 2.05) is 12.1 Å². The molecule has 21 heavy (non-hydrogen) atoms. The number of hydrogen-bond acceptors (Lipinski definition) is 3. The van der Waals surface area contributed by atoms with Crippen LogP contribution in [0.2, 0.25) is 0 Å². The predicted octanol–water partition coefficient (Wildman–Crippen LogP) is 1.76. The van der Waals surface area contributed by atoms with Gasteiger partial charge in [0, 0.05) is 19.0 Å². The zero-order valence-electron chi connectivity index (χ0n) is 12.4. The number of rotatable bonds is 7. The Hall–Kier alpha value is -1.40. The van der Waals surface area contributed by atoms with Crippen LogP contribution >= 0.6 is 0 Å². The first kappa shape index (κ1) is 16.0. The normalized spacial score (nSPS) is 15.2. The second-order valence-corrected chi connectivity index (χ2v) is 7.48. The van der Waals surface area contributed by atoms with Gasteiger partial charge in [0.05, 0.1) is 4.90 Å². The molecule has 1 aliphatic carbocycles. The van der Waals surface area contributed by atoms with Crippen LogP contribution in [0.5, 0.6) is 0 Å². The van der Waals surface area contributed by atoms with Gasteiger partial charge in [-0.05, 0) is 36.5 Å². The number of benzene rings is 1. The van der Waals surface area contributed by atoms with Gasteiger partial charge in [-0.2, -0.15) is 0 Å². The van der Waals surface area contributed by atoms with Gasteiger partial charge in [-0.3, -0.25) is 4.79 Å². The lowest BCUT2D eigenvalue weighted by molar-refractivity contribution is -0.121. The van der Waals surface area contributed by atoms with Crippen molar-refractivity contribution in [1.82, 2.24) is 10.0 Å². The number of carbonyl (C=O) groups is 1. The Bertz CT molecular complexity index is 590. The molecule has 1 amide bonds. The molecule has 1 aromatic rings. The van der Waals surface area contributed by atoms with Crippen LogP contribution < -0.4 is 10.0 Å². The van der Waals surface area contributed by atoms with Crippen LogP contribution in [0.15, 0.2) is 29.2 Å². The number of nitrogens with one attached hydrogen (secondary N) is 2. The maximum Gasteiger partial charge on any atom is 0.240 e. The molecular weight excluding hydrogens is 288 g/mol. The van der Waals surface area contributed by atoms with Gasteiger partial charge in [0.15, 0.2) is 0 Å². The van der Waals surface area contributed by atoms with Crippen molar-refractivity contribution >= 4 is 15.9 Å². The molecule has 0 aromatic heterocycles. The lowest BCUT2D eigenvalue weighted by atomic mass is 10.0. The largest absolute Gasteiger partial charge is 0.353 e. The Morgan fingerprint density at radius 1 is 1.24 bits per heavy atom. The van der Waals surface area contributed by atoms with E-state index in [-0.39, 0.29) is 23.8 Å². The Balaban J connectivity index is 1.86. The van der Waals surface area contributed by atoms with Crippen molar-refractivity contribution in [3.05, 3.63) is 29.8 Å². The zero-order chi connectivity index (χ0) is 15.5. The molecule has 1 aliphatic rings. The monoisotopic (exact) mass is 310 g/mol. The van der Waals surface area contributed by atoms with Crippen LogP contribution in [0.4, 0.5) is 0 Å². The summed E-state index contributed by atoms with van der Waals surface area (Å²) in [6.45, 7) is 4.23. The van der Waals surface area contributed by atoms with Crippen molar-refractivity contribution in [2.24, 2.45) is 0 Å². The van der Waals surface area contributed by atoms with Crippen molar-refractivity contribution in [3.63, 3.8) is 0 Å². The maximum absolute atomic E-state index is 12.1. The summed E-state index contributed by atoms with van der Waals surface area (Å²) < 4.78 is 26.6. The van der Waals surface area contributed by atoms with Crippen LogP contribution in [0.3, 0.4) is 0 Å². The molecule has 0 bridgehead atoms. The van der Waals surface area contributed by atoms with E-state index in [2.05, 4.69) is 23.9 Å². The SMILES string of the molecule is CC(C)c1ccc(S(=O)(=O)NCCC(=O)NC2CC2)cc1. The second-order valence-electron chi connectivity index (χ2n) is 5.71. The zero-order valence-corrected chi connectivity index (χ0v) is 13.2. The summed E-state index contributed by atoms with van der Waals surface area (Å²) in [5.41, 5.74) is 1.10. The highest BCUT2D eigenvalue weighted by atomic mass is 32.2. The number of amides is 1. The van der Waals surface area contributed by atoms with Crippen molar-refractivity contribution in [2.45, 2.75) is 50.0 Å². The molecule has 0 atom stereocenters. The molecule has 1 aromatic carbocycles. The second kappa shape index (κ2) is 6.58. The van der Waals surface area contributed by atoms with E-state index in [9.17, 15) is 13.2 Å². The molecule has 0 unspecified atom stereocenters. The maximum atomic E-state index is 12.1. The number of carbonyl (C=O) groups excluding carboxylic acids is 1. The van der Waals surface area contributed by atoms with Gasteiger partial charge in [0.25, 0.3) is 0 Å². The smallest absolute Gasteiger partial charge is 0.240 e. The molecule has 2 N–H and O–H groups in total. The molecule has 0 heterocycles. The van der Waals surface area contributed by atoms with Crippen LogP contribution in [0, 0.1) is 0 Å². The minimum atomic E-state index is -3.54. The molecule has 6 heteroatoms. The van der Waals surface area contributed by atoms with E-state index in [1.165, 1.54) is 0 Å². The topological polar surface area (TPSA) is 75.3 Å². The quantitative estimate of drug-likeness (QED) is 0.806. The first-order chi connectivity index (χ1) is 9.88. The van der Waals surface area contributed by atoms with Gasteiger partial charge in [0.2, 0.25) is 15.9 Å². The van der Waals surface area contributed by atoms with Crippen molar-refractivity contribution in [2.75, 3.05) is 6.54 Å².